The smallest absolute Gasteiger partial charge is 0.0350 e. The normalized spacial score (nSPS) is 10.5. The zero-order valence-corrected chi connectivity index (χ0v) is 8.51. The zero-order valence-electron chi connectivity index (χ0n) is 8.51. The van der Waals surface area contributed by atoms with Crippen molar-refractivity contribution in [1.29, 1.82) is 0 Å². The second kappa shape index (κ2) is 6.12. The molecule has 0 aliphatic rings. The van der Waals surface area contributed by atoms with Crippen LogP contribution < -0.4 is 5.32 Å². The third-order valence-corrected chi connectivity index (χ3v) is 1.58. The lowest BCUT2D eigenvalue weighted by Gasteiger charge is -2.13. The monoisotopic (exact) mass is 178 g/mol. The van der Waals surface area contributed by atoms with E-state index in [4.69, 9.17) is 0 Å². The van der Waals surface area contributed by atoms with Crippen LogP contribution in [0.25, 0.3) is 0 Å². The van der Waals surface area contributed by atoms with Gasteiger partial charge in [-0.15, -0.1) is 6.58 Å². The van der Waals surface area contributed by atoms with E-state index < -0.39 is 0 Å². The van der Waals surface area contributed by atoms with Gasteiger partial charge in [-0.05, 0) is 18.7 Å². The van der Waals surface area contributed by atoms with Gasteiger partial charge in [0.2, 0.25) is 0 Å². The largest absolute Gasteiger partial charge is 0.376 e. The number of nitrogens with one attached hydrogen (secondary N) is 1. The molecule has 1 N–H and O–H groups in total. The van der Waals surface area contributed by atoms with Gasteiger partial charge in [-0.25, -0.2) is 0 Å². The molecule has 0 bridgehead atoms. The van der Waals surface area contributed by atoms with Gasteiger partial charge >= 0.3 is 0 Å². The summed E-state index contributed by atoms with van der Waals surface area (Å²) < 4.78 is 0. The molecule has 0 amide bonds. The van der Waals surface area contributed by atoms with E-state index in [1.165, 1.54) is 0 Å². The van der Waals surface area contributed by atoms with Crippen LogP contribution in [0.15, 0.2) is 49.5 Å². The minimum atomic E-state index is 0.832. The number of rotatable bonds is 6. The molecule has 0 saturated heterocycles. The number of hydrogen-bond donors (Lipinski definition) is 1. The highest BCUT2D eigenvalue weighted by molar-refractivity contribution is 5.25. The highest BCUT2D eigenvalue weighted by atomic mass is 15.1. The maximum absolute atomic E-state index is 3.85. The van der Waals surface area contributed by atoms with Crippen molar-refractivity contribution in [2.24, 2.45) is 0 Å². The average Bonchev–Trinajstić information content (AvgIpc) is 2.05. The summed E-state index contributed by atoms with van der Waals surface area (Å²) in [4.78, 5) is 2.04. The van der Waals surface area contributed by atoms with Gasteiger partial charge in [-0.1, -0.05) is 19.2 Å². The summed E-state index contributed by atoms with van der Waals surface area (Å²) >= 11 is 0. The molecule has 0 spiro atoms. The van der Waals surface area contributed by atoms with Gasteiger partial charge in [0, 0.05) is 25.5 Å². The van der Waals surface area contributed by atoms with Crippen LogP contribution >= 0.6 is 0 Å². The van der Waals surface area contributed by atoms with E-state index in [0.717, 1.165) is 17.8 Å². The first-order valence-corrected chi connectivity index (χ1v) is 4.18. The Kier molecular flexibility index (Phi) is 5.44. The van der Waals surface area contributed by atoms with E-state index in [1.54, 1.807) is 6.20 Å². The molecule has 0 aliphatic carbocycles. The maximum Gasteiger partial charge on any atom is 0.0350 e. The molecule has 0 heterocycles. The Balaban J connectivity index is 4.20. The fraction of sp³-hybridized carbons (Fsp3) is 0.273. The van der Waals surface area contributed by atoms with Crippen molar-refractivity contribution in [3.63, 3.8) is 0 Å². The van der Waals surface area contributed by atoms with Crippen molar-refractivity contribution in [3.8, 4) is 0 Å². The van der Waals surface area contributed by atoms with Crippen LogP contribution in [0, 0.1) is 0 Å². The maximum atomic E-state index is 3.85. The van der Waals surface area contributed by atoms with Crippen LogP contribution in [-0.2, 0) is 0 Å². The molecule has 0 radical (unpaired) electrons. The van der Waals surface area contributed by atoms with Crippen LogP contribution in [0.3, 0.4) is 0 Å². The molecule has 0 aromatic carbocycles. The molecule has 13 heavy (non-hydrogen) atoms. The fourth-order valence-corrected chi connectivity index (χ4v) is 0.902. The lowest BCUT2D eigenvalue weighted by molar-refractivity contribution is 0.506. The molecule has 0 rings (SSSR count). The fourth-order valence-electron chi connectivity index (χ4n) is 0.902. The molecule has 0 aliphatic heterocycles. The van der Waals surface area contributed by atoms with Gasteiger partial charge in [0.05, 0.1) is 0 Å². The second-order valence-electron chi connectivity index (χ2n) is 2.87. The minimum absolute atomic E-state index is 0.832. The van der Waals surface area contributed by atoms with Crippen molar-refractivity contribution >= 4 is 0 Å². The van der Waals surface area contributed by atoms with E-state index in [-0.39, 0.29) is 0 Å². The van der Waals surface area contributed by atoms with Crippen molar-refractivity contribution in [1.82, 2.24) is 10.2 Å². The van der Waals surface area contributed by atoms with Crippen molar-refractivity contribution < 1.29 is 0 Å². The molecule has 0 unspecified atom stereocenters. The van der Waals surface area contributed by atoms with Gasteiger partial charge in [0.25, 0.3) is 0 Å². The number of allylic oxidation sites excluding steroid dienone is 1. The Morgan fingerprint density at radius 2 is 2.08 bits per heavy atom. The molecule has 0 atom stereocenters. The van der Waals surface area contributed by atoms with Gasteiger partial charge < -0.3 is 10.2 Å². The molecule has 2 nitrogen and oxygen atoms in total. The molecule has 72 valence electrons. The summed E-state index contributed by atoms with van der Waals surface area (Å²) in [5, 5.41) is 2.94. The first kappa shape index (κ1) is 11.6. The Bertz CT molecular complexity index is 226. The standard InChI is InChI=1S/C11H18N2/c1-6-8-13(5)9-10(3)11(4)12-7-2/h6-7,9,12H,1-2,4,8H2,3,5H3/b10-9-. The summed E-state index contributed by atoms with van der Waals surface area (Å²) in [6, 6.07) is 0. The number of hydrogen-bond acceptors (Lipinski definition) is 2. The van der Waals surface area contributed by atoms with E-state index in [2.05, 4.69) is 25.1 Å². The third kappa shape index (κ3) is 4.90. The van der Waals surface area contributed by atoms with Gasteiger partial charge in [-0.2, -0.15) is 0 Å². The Labute approximate surface area is 80.9 Å². The summed E-state index contributed by atoms with van der Waals surface area (Å²) in [7, 11) is 1.99. The van der Waals surface area contributed by atoms with E-state index >= 15 is 0 Å². The molecule has 2 heteroatoms. The predicted molar refractivity (Wildman–Crippen MR) is 59.1 cm³/mol. The quantitative estimate of drug-likeness (QED) is 0.496. The van der Waals surface area contributed by atoms with Crippen LogP contribution in [0.5, 0.6) is 0 Å². The van der Waals surface area contributed by atoms with Crippen molar-refractivity contribution in [2.45, 2.75) is 6.92 Å². The summed E-state index contributed by atoms with van der Waals surface area (Å²) in [5.74, 6) is 0. The lowest BCUT2D eigenvalue weighted by Crippen LogP contribution is -2.13. The molecular weight excluding hydrogens is 160 g/mol. The Morgan fingerprint density at radius 1 is 1.46 bits per heavy atom. The highest BCUT2D eigenvalue weighted by Gasteiger charge is 1.94. The first-order valence-electron chi connectivity index (χ1n) is 4.18. The molecule has 0 fully saturated rings. The molecular formula is C11H18N2. The molecule has 0 saturated carbocycles. The van der Waals surface area contributed by atoms with Crippen molar-refractivity contribution in [3.05, 3.63) is 49.5 Å². The van der Waals surface area contributed by atoms with Crippen molar-refractivity contribution in [2.75, 3.05) is 13.6 Å². The van der Waals surface area contributed by atoms with Gasteiger partial charge in [-0.3, -0.25) is 0 Å². The van der Waals surface area contributed by atoms with Crippen LogP contribution in [0.1, 0.15) is 6.92 Å². The van der Waals surface area contributed by atoms with Gasteiger partial charge in [0.15, 0.2) is 0 Å². The summed E-state index contributed by atoms with van der Waals surface area (Å²) in [6.45, 7) is 13.9. The topological polar surface area (TPSA) is 15.3 Å². The van der Waals surface area contributed by atoms with E-state index in [1.807, 2.05) is 31.1 Å². The van der Waals surface area contributed by atoms with E-state index in [9.17, 15) is 0 Å². The summed E-state index contributed by atoms with van der Waals surface area (Å²) in [6.07, 6.45) is 5.49. The third-order valence-electron chi connectivity index (χ3n) is 1.58. The van der Waals surface area contributed by atoms with Crippen LogP contribution in [0.2, 0.25) is 0 Å². The Hall–Kier alpha value is -1.44. The number of nitrogens with zero attached hydrogens (tertiary/aromatic N) is 1. The highest BCUT2D eigenvalue weighted by Crippen LogP contribution is 2.03. The van der Waals surface area contributed by atoms with E-state index in [0.29, 0.717) is 0 Å². The second-order valence-corrected chi connectivity index (χ2v) is 2.87. The molecule has 0 aromatic rings. The average molecular weight is 178 g/mol. The zero-order chi connectivity index (χ0) is 10.3. The van der Waals surface area contributed by atoms with Crippen LogP contribution in [0.4, 0.5) is 0 Å². The SMILES string of the molecule is C=CCN(C)/C=C(/C)C(=C)NC=C. The predicted octanol–water partition coefficient (Wildman–Crippen LogP) is 2.25. The molecule has 0 aromatic heterocycles. The minimum Gasteiger partial charge on any atom is -0.376 e. The van der Waals surface area contributed by atoms with Gasteiger partial charge in [0.1, 0.15) is 0 Å². The lowest BCUT2D eigenvalue weighted by atomic mass is 10.2. The van der Waals surface area contributed by atoms with Crippen LogP contribution in [-0.4, -0.2) is 18.5 Å². The summed E-state index contributed by atoms with van der Waals surface area (Å²) in [5.41, 5.74) is 1.95. The Morgan fingerprint density at radius 3 is 2.54 bits per heavy atom. The number of likely N-dealkylation sites (N-methyl/N-ethyl adjacent to an activating group) is 1. The first-order chi connectivity index (χ1) is 6.11.